The smallest absolute Gasteiger partial charge is 0.258 e. The molecule has 1 aromatic heterocycles. The lowest BCUT2D eigenvalue weighted by molar-refractivity contribution is 0.340. The zero-order chi connectivity index (χ0) is 24.8. The van der Waals surface area contributed by atoms with E-state index in [1.54, 1.807) is 0 Å². The Morgan fingerprint density at radius 2 is 1.77 bits per heavy atom. The molecule has 1 N–H and O–H groups in total. The molecule has 0 aliphatic carbocycles. The fourth-order valence-corrected chi connectivity index (χ4v) is 4.71. The van der Waals surface area contributed by atoms with Gasteiger partial charge >= 0.3 is 0 Å². The third kappa shape index (κ3) is 5.56. The third-order valence-electron chi connectivity index (χ3n) is 6.38. The van der Waals surface area contributed by atoms with E-state index in [0.29, 0.717) is 18.3 Å². The van der Waals surface area contributed by atoms with Crippen LogP contribution in [0.4, 0.5) is 0 Å². The maximum Gasteiger partial charge on any atom is 0.258 e. The first-order valence-corrected chi connectivity index (χ1v) is 12.9. The molecule has 35 heavy (non-hydrogen) atoms. The summed E-state index contributed by atoms with van der Waals surface area (Å²) in [7, 11) is 0. The van der Waals surface area contributed by atoms with E-state index in [2.05, 4.69) is 60.4 Å². The van der Waals surface area contributed by atoms with Crippen LogP contribution in [-0.2, 0) is 6.42 Å². The lowest BCUT2D eigenvalue weighted by atomic mass is 9.94. The number of thiocarbonyl (C=S) groups is 1. The predicted molar refractivity (Wildman–Crippen MR) is 144 cm³/mol. The van der Waals surface area contributed by atoms with Crippen molar-refractivity contribution in [2.24, 2.45) is 0 Å². The molecule has 4 rings (SSSR count). The third-order valence-corrected chi connectivity index (χ3v) is 6.72. The first kappa shape index (κ1) is 24.9. The maximum absolute atomic E-state index is 5.86. The molecule has 6 nitrogen and oxygen atoms in total. The van der Waals surface area contributed by atoms with Gasteiger partial charge in [0.1, 0.15) is 5.75 Å². The van der Waals surface area contributed by atoms with E-state index >= 15 is 0 Å². The molecule has 1 atom stereocenters. The van der Waals surface area contributed by atoms with Crippen molar-refractivity contribution >= 4 is 22.9 Å². The molecule has 0 bridgehead atoms. The molecule has 0 saturated heterocycles. The predicted octanol–water partition coefficient (Wildman–Crippen LogP) is 6.55. The Morgan fingerprint density at radius 1 is 1.03 bits per heavy atom. The summed E-state index contributed by atoms with van der Waals surface area (Å²) in [6, 6.07) is 16.2. The van der Waals surface area contributed by atoms with Crippen molar-refractivity contribution in [1.29, 1.82) is 0 Å². The summed E-state index contributed by atoms with van der Waals surface area (Å²) in [4.78, 5) is 6.98. The van der Waals surface area contributed by atoms with Gasteiger partial charge in [-0.1, -0.05) is 68.2 Å². The van der Waals surface area contributed by atoms with Gasteiger partial charge < -0.3 is 19.5 Å². The first-order valence-electron chi connectivity index (χ1n) is 12.5. The second kappa shape index (κ2) is 11.5. The van der Waals surface area contributed by atoms with Gasteiger partial charge in [-0.2, -0.15) is 4.98 Å². The Bertz CT molecular complexity index is 1170. The van der Waals surface area contributed by atoms with Gasteiger partial charge in [0.2, 0.25) is 5.82 Å². The van der Waals surface area contributed by atoms with Gasteiger partial charge in [0.25, 0.3) is 5.89 Å². The minimum Gasteiger partial charge on any atom is -0.494 e. The van der Waals surface area contributed by atoms with E-state index in [4.69, 9.17) is 26.5 Å². The van der Waals surface area contributed by atoms with Crippen LogP contribution in [0.5, 0.6) is 5.75 Å². The van der Waals surface area contributed by atoms with Gasteiger partial charge in [0, 0.05) is 17.8 Å². The molecule has 0 spiro atoms. The Kier molecular flexibility index (Phi) is 8.18. The van der Waals surface area contributed by atoms with Gasteiger partial charge in [-0.15, -0.1) is 0 Å². The summed E-state index contributed by atoms with van der Waals surface area (Å²) in [5, 5.41) is 8.57. The van der Waals surface area contributed by atoms with Crippen molar-refractivity contribution in [2.45, 2.75) is 59.4 Å². The van der Waals surface area contributed by atoms with E-state index in [0.717, 1.165) is 65.5 Å². The quantitative estimate of drug-likeness (QED) is 0.255. The number of nitrogens with one attached hydrogen (secondary N) is 1. The summed E-state index contributed by atoms with van der Waals surface area (Å²) < 4.78 is 11.5. The van der Waals surface area contributed by atoms with Gasteiger partial charge in [-0.25, -0.2) is 0 Å². The number of nitrogens with zero attached hydrogens (tertiary/aromatic N) is 3. The van der Waals surface area contributed by atoms with Crippen LogP contribution < -0.4 is 10.1 Å². The fourth-order valence-electron chi connectivity index (χ4n) is 4.36. The van der Waals surface area contributed by atoms with Crippen LogP contribution in [0.1, 0.15) is 70.0 Å². The van der Waals surface area contributed by atoms with Crippen molar-refractivity contribution in [2.75, 3.05) is 13.2 Å². The number of allylic oxidation sites excluding steroid dienone is 1. The van der Waals surface area contributed by atoms with E-state index in [-0.39, 0.29) is 6.04 Å². The first-order chi connectivity index (χ1) is 17.0. The Balaban J connectivity index is 1.72. The van der Waals surface area contributed by atoms with Crippen LogP contribution >= 0.6 is 12.2 Å². The Labute approximate surface area is 213 Å². The number of ether oxygens (including phenoxy) is 1. The maximum atomic E-state index is 5.86. The molecule has 2 aromatic carbocycles. The summed E-state index contributed by atoms with van der Waals surface area (Å²) in [5.74, 6) is 1.93. The second-order valence-electron chi connectivity index (χ2n) is 8.72. The molecular weight excluding hydrogens is 456 g/mol. The number of hydrogen-bond donors (Lipinski definition) is 1. The molecule has 7 heteroatoms. The normalized spacial score (nSPS) is 15.9. The average Bonchev–Trinajstić information content (AvgIpc) is 3.36. The van der Waals surface area contributed by atoms with E-state index in [1.165, 1.54) is 5.56 Å². The highest BCUT2D eigenvalue weighted by atomic mass is 32.1. The summed E-state index contributed by atoms with van der Waals surface area (Å²) in [5.41, 5.74) is 5.26. The van der Waals surface area contributed by atoms with Gasteiger partial charge in [0.15, 0.2) is 5.11 Å². The number of benzene rings is 2. The highest BCUT2D eigenvalue weighted by Crippen LogP contribution is 2.38. The minimum atomic E-state index is -0.198. The van der Waals surface area contributed by atoms with E-state index in [1.807, 2.05) is 31.2 Å². The minimum absolute atomic E-state index is 0.198. The number of hydrogen-bond acceptors (Lipinski definition) is 5. The van der Waals surface area contributed by atoms with Crippen molar-refractivity contribution in [3.05, 3.63) is 71.2 Å². The van der Waals surface area contributed by atoms with Crippen LogP contribution in [0, 0.1) is 0 Å². The molecule has 3 aromatic rings. The zero-order valence-electron chi connectivity index (χ0n) is 21.0. The Morgan fingerprint density at radius 3 is 2.43 bits per heavy atom. The topological polar surface area (TPSA) is 63.4 Å². The molecule has 0 amide bonds. The monoisotopic (exact) mass is 490 g/mol. The SMILES string of the molecule is CCCCCN1C(=S)NC(c2ccc(OCC)cc2)C(c2nc(-c3ccc(CC)cc3)no2)=C1C. The summed E-state index contributed by atoms with van der Waals surface area (Å²) in [6.07, 6.45) is 4.37. The van der Waals surface area contributed by atoms with Crippen LogP contribution in [0.2, 0.25) is 0 Å². The van der Waals surface area contributed by atoms with Gasteiger partial charge in [-0.05, 0) is 62.2 Å². The number of aryl methyl sites for hydroxylation is 1. The van der Waals surface area contributed by atoms with Gasteiger partial charge in [0.05, 0.1) is 18.2 Å². The molecule has 184 valence electrons. The number of rotatable bonds is 10. The Hall–Kier alpha value is -3.19. The van der Waals surface area contributed by atoms with Gasteiger partial charge in [-0.3, -0.25) is 0 Å². The van der Waals surface area contributed by atoms with Crippen LogP contribution in [-0.4, -0.2) is 33.3 Å². The van der Waals surface area contributed by atoms with Crippen molar-refractivity contribution in [1.82, 2.24) is 20.4 Å². The molecule has 1 aliphatic rings. The lowest BCUT2D eigenvalue weighted by Crippen LogP contribution is -2.46. The van der Waals surface area contributed by atoms with E-state index < -0.39 is 0 Å². The standard InChI is InChI=1S/C28H34N4O2S/c1-5-8-9-18-32-19(4)24(25(29-28(32)35)21-14-16-23(17-15-21)33-7-3)27-30-26(31-34-27)22-12-10-20(6-2)11-13-22/h10-17,25H,5-9,18H2,1-4H3,(H,29,35). The van der Waals surface area contributed by atoms with Crippen molar-refractivity contribution in [3.8, 4) is 17.1 Å². The number of unbranched alkanes of at least 4 members (excludes halogenated alkanes) is 2. The van der Waals surface area contributed by atoms with Crippen LogP contribution in [0.15, 0.2) is 58.8 Å². The van der Waals surface area contributed by atoms with Crippen LogP contribution in [0.3, 0.4) is 0 Å². The second-order valence-corrected chi connectivity index (χ2v) is 9.10. The molecule has 0 radical (unpaired) electrons. The highest BCUT2D eigenvalue weighted by molar-refractivity contribution is 7.80. The fraction of sp³-hybridized carbons (Fsp3) is 0.393. The molecule has 2 heterocycles. The molecular formula is C28H34N4O2S. The zero-order valence-corrected chi connectivity index (χ0v) is 21.8. The van der Waals surface area contributed by atoms with E-state index in [9.17, 15) is 0 Å². The largest absolute Gasteiger partial charge is 0.494 e. The summed E-state index contributed by atoms with van der Waals surface area (Å²) >= 11 is 5.80. The molecule has 0 fully saturated rings. The van der Waals surface area contributed by atoms with Crippen molar-refractivity contribution < 1.29 is 9.26 Å². The molecule has 1 unspecified atom stereocenters. The van der Waals surface area contributed by atoms with Crippen LogP contribution in [0.25, 0.3) is 17.0 Å². The lowest BCUT2D eigenvalue weighted by Gasteiger charge is -2.37. The summed E-state index contributed by atoms with van der Waals surface area (Å²) in [6.45, 7) is 9.90. The number of aromatic nitrogens is 2. The average molecular weight is 491 g/mol. The molecule has 1 aliphatic heterocycles. The van der Waals surface area contributed by atoms with Crippen molar-refractivity contribution in [3.63, 3.8) is 0 Å². The highest BCUT2D eigenvalue weighted by Gasteiger charge is 2.33. The molecule has 0 saturated carbocycles.